The van der Waals surface area contributed by atoms with Crippen LogP contribution < -0.4 is 34.6 Å². The molecule has 0 bridgehead atoms. The van der Waals surface area contributed by atoms with E-state index in [0.717, 1.165) is 25.7 Å². The summed E-state index contributed by atoms with van der Waals surface area (Å²) in [5.74, 6) is 0. The van der Waals surface area contributed by atoms with E-state index in [2.05, 4.69) is 256 Å². The zero-order valence-electron chi connectivity index (χ0n) is 41.4. The van der Waals surface area contributed by atoms with Gasteiger partial charge in [-0.05, 0) is 12.8 Å². The third kappa shape index (κ3) is 16.2. The molecule has 0 fully saturated rings. The summed E-state index contributed by atoms with van der Waals surface area (Å²) in [6, 6.07) is 74.6. The minimum absolute atomic E-state index is 0. The summed E-state index contributed by atoms with van der Waals surface area (Å²) in [6.07, 6.45) is 22.0. The molecule has 356 valence electrons. The molecule has 0 unspecified atom stereocenters. The zero-order chi connectivity index (χ0) is 48.9. The predicted octanol–water partition coefficient (Wildman–Crippen LogP) is 8.47. The molecule has 2 nitrogen and oxygen atoms in total. The Balaban J connectivity index is 0.000000166. The van der Waals surface area contributed by atoms with Crippen LogP contribution in [0.4, 0.5) is 11.4 Å². The summed E-state index contributed by atoms with van der Waals surface area (Å²) in [7, 11) is 8.38. The van der Waals surface area contributed by atoms with Crippen LogP contribution in [-0.2, 0) is 61.3 Å². The summed E-state index contributed by atoms with van der Waals surface area (Å²) >= 11 is 2.92. The van der Waals surface area contributed by atoms with Gasteiger partial charge in [0.1, 0.15) is 0 Å². The molecular formula is C66H58Cl2N2Zr2-2. The maximum absolute atomic E-state index is 3.36. The Morgan fingerprint density at radius 2 is 0.708 bits per heavy atom. The van der Waals surface area contributed by atoms with E-state index in [1.54, 1.807) is 0 Å². The summed E-state index contributed by atoms with van der Waals surface area (Å²) in [4.78, 5) is 4.35. The van der Waals surface area contributed by atoms with Crippen LogP contribution in [0.5, 0.6) is 0 Å². The molecule has 0 aromatic heterocycles. The van der Waals surface area contributed by atoms with Crippen molar-refractivity contribution in [2.75, 3.05) is 38.0 Å². The van der Waals surface area contributed by atoms with Crippen LogP contribution in [0.3, 0.4) is 0 Å². The van der Waals surface area contributed by atoms with Crippen LogP contribution in [-0.4, -0.2) is 34.6 Å². The molecule has 0 saturated heterocycles. The molecule has 6 heteroatoms. The van der Waals surface area contributed by atoms with Gasteiger partial charge in [-0.25, -0.2) is 24.3 Å². The SMILES string of the molecule is CN(C)c1cc[c-]c2c1-c1ccccc1C2.CN(C)c1cc[c-]c2c1-c1ccccc1C2.[C-]1=CC=CC1.[C-]1=CC=CC1.[Cl-].[Cl-].[Zr+2]=[C](c1ccccc1)c1ccccc1.[Zr+2]=[C](c1ccccc1)c1ccccc1. The number of hydrogen-bond acceptors (Lipinski definition) is 2. The van der Waals surface area contributed by atoms with Crippen LogP contribution in [0.15, 0.2) is 231 Å². The molecule has 0 N–H and O–H groups in total. The van der Waals surface area contributed by atoms with Crippen molar-refractivity contribution in [3.63, 3.8) is 0 Å². The molecule has 0 amide bonds. The fourth-order valence-electron chi connectivity index (χ4n) is 8.34. The summed E-state index contributed by atoms with van der Waals surface area (Å²) in [6.45, 7) is 0. The van der Waals surface area contributed by atoms with E-state index in [4.69, 9.17) is 0 Å². The van der Waals surface area contributed by atoms with Crippen LogP contribution in [0.1, 0.15) is 57.3 Å². The molecular weight excluding hydrogens is 1070 g/mol. The van der Waals surface area contributed by atoms with Crippen LogP contribution >= 0.6 is 0 Å². The Kier molecular flexibility index (Phi) is 24.2. The summed E-state index contributed by atoms with van der Waals surface area (Å²) in [5.41, 5.74) is 18.9. The maximum atomic E-state index is 3.36. The van der Waals surface area contributed by atoms with Crippen LogP contribution in [0.25, 0.3) is 22.3 Å². The van der Waals surface area contributed by atoms with Gasteiger partial charge < -0.3 is 34.6 Å². The standard InChI is InChI=1S/2C15H14N.2C13H10.2C5H5.2ClH.2Zr/c2*1-16(2)14-9-5-7-12-10-11-6-3-4-8-13(11)15(12)14;2*1-3-7-12(8-4-1)11-13-9-5-2-6-10-13;2*1-2-4-5-3-1;;;;/h2*3-6,8-9H,10H2,1-2H3;2*1-10H;2*1-3H,4H2;2*1H;;/q2*-1;;;2*-1;;;2*+2/p-2. The molecule has 0 spiro atoms. The number of rotatable bonds is 6. The second-order valence-corrected chi connectivity index (χ2v) is 19.6. The fraction of sp³-hybridized carbons (Fsp3) is 0.121. The second kappa shape index (κ2) is 30.4. The predicted molar refractivity (Wildman–Crippen MR) is 291 cm³/mol. The van der Waals surface area contributed by atoms with E-state index in [9.17, 15) is 0 Å². The number of nitrogens with zero attached hydrogens (tertiary/aromatic N) is 2. The van der Waals surface area contributed by atoms with Gasteiger partial charge in [-0.3, -0.25) is 12.2 Å². The molecule has 12 rings (SSSR count). The van der Waals surface area contributed by atoms with Gasteiger partial charge in [0.05, 0.1) is 0 Å². The summed E-state index contributed by atoms with van der Waals surface area (Å²) < 4.78 is 2.83. The Bertz CT molecular complexity index is 2760. The third-order valence-electron chi connectivity index (χ3n) is 11.8. The molecule has 8 aromatic rings. The summed E-state index contributed by atoms with van der Waals surface area (Å²) in [5, 5.41) is 0. The molecule has 4 aliphatic rings. The Hall–Kier alpha value is -5.59. The van der Waals surface area contributed by atoms with Crippen molar-refractivity contribution in [2.24, 2.45) is 0 Å². The van der Waals surface area contributed by atoms with Gasteiger partial charge in [0.2, 0.25) is 0 Å². The monoisotopic (exact) mass is 1130 g/mol. The Labute approximate surface area is 472 Å². The molecule has 0 heterocycles. The van der Waals surface area contributed by atoms with Gasteiger partial charge in [-0.15, -0.1) is 47.2 Å². The Morgan fingerprint density at radius 1 is 0.403 bits per heavy atom. The fourth-order valence-corrected chi connectivity index (χ4v) is 9.98. The van der Waals surface area contributed by atoms with E-state index in [1.165, 1.54) is 133 Å². The van der Waals surface area contributed by atoms with Crippen molar-refractivity contribution in [1.82, 2.24) is 0 Å². The van der Waals surface area contributed by atoms with Gasteiger partial charge in [0.25, 0.3) is 0 Å². The molecule has 4 aliphatic carbocycles. The van der Waals surface area contributed by atoms with Crippen molar-refractivity contribution in [2.45, 2.75) is 25.7 Å². The zero-order valence-corrected chi connectivity index (χ0v) is 47.8. The quantitative estimate of drug-likeness (QED) is 0.155. The molecule has 72 heavy (non-hydrogen) atoms. The first kappa shape index (κ1) is 57.3. The number of fused-ring (bicyclic) bond motifs is 6. The first-order valence-electron chi connectivity index (χ1n) is 23.7. The van der Waals surface area contributed by atoms with E-state index < -0.39 is 0 Å². The normalized spacial score (nSPS) is 11.7. The molecule has 0 aliphatic heterocycles. The topological polar surface area (TPSA) is 6.48 Å². The van der Waals surface area contributed by atoms with Gasteiger partial charge in [-0.1, -0.05) is 82.2 Å². The van der Waals surface area contributed by atoms with Gasteiger partial charge >= 0.3 is 198 Å². The number of anilines is 2. The van der Waals surface area contributed by atoms with Crippen molar-refractivity contribution in [3.8, 4) is 22.3 Å². The van der Waals surface area contributed by atoms with Crippen molar-refractivity contribution in [1.29, 1.82) is 0 Å². The number of hydrogen-bond donors (Lipinski definition) is 0. The number of allylic oxidation sites excluding steroid dienone is 8. The van der Waals surface area contributed by atoms with Crippen molar-refractivity contribution in [3.05, 3.63) is 299 Å². The van der Waals surface area contributed by atoms with E-state index >= 15 is 0 Å². The van der Waals surface area contributed by atoms with Gasteiger partial charge in [0.15, 0.2) is 0 Å². The molecule has 0 atom stereocenters. The van der Waals surface area contributed by atoms with Gasteiger partial charge in [-0.2, -0.15) is 36.4 Å². The number of halogens is 2. The van der Waals surface area contributed by atoms with E-state index in [0.29, 0.717) is 0 Å². The van der Waals surface area contributed by atoms with Gasteiger partial charge in [0, 0.05) is 28.2 Å². The molecule has 0 saturated carbocycles. The average Bonchev–Trinajstić information content (AvgIpc) is 4.29. The third-order valence-corrected chi connectivity index (χ3v) is 14.6. The molecule has 8 aromatic carbocycles. The van der Waals surface area contributed by atoms with Crippen molar-refractivity contribution >= 4 is 17.8 Å². The van der Waals surface area contributed by atoms with E-state index in [1.807, 2.05) is 36.4 Å². The second-order valence-electron chi connectivity index (χ2n) is 17.1. The van der Waals surface area contributed by atoms with E-state index in [-0.39, 0.29) is 24.8 Å². The molecule has 0 radical (unpaired) electrons. The minimum atomic E-state index is 0. The Morgan fingerprint density at radius 3 is 0.972 bits per heavy atom. The van der Waals surface area contributed by atoms with Crippen molar-refractivity contribution < 1.29 is 73.3 Å². The average molecular weight is 1130 g/mol. The van der Waals surface area contributed by atoms with Crippen LogP contribution in [0, 0.1) is 24.3 Å². The first-order valence-corrected chi connectivity index (χ1v) is 26.2. The number of benzene rings is 8. The first-order chi connectivity index (χ1) is 34.3. The van der Waals surface area contributed by atoms with Crippen LogP contribution in [0.2, 0.25) is 0 Å².